The van der Waals surface area contributed by atoms with Crippen LogP contribution in [0.2, 0.25) is 5.02 Å². The Morgan fingerprint density at radius 3 is 2.63 bits per heavy atom. The molecule has 4 aromatic heterocycles. The molecule has 2 amide bonds. The van der Waals surface area contributed by atoms with Crippen LogP contribution in [0.1, 0.15) is 26.5 Å². The van der Waals surface area contributed by atoms with E-state index in [1.54, 1.807) is 31.2 Å². The van der Waals surface area contributed by atoms with Crippen LogP contribution in [0.15, 0.2) is 42.7 Å². The monoisotopic (exact) mass is 507 g/mol. The van der Waals surface area contributed by atoms with E-state index in [2.05, 4.69) is 20.5 Å². The van der Waals surface area contributed by atoms with Crippen molar-refractivity contribution in [3.05, 3.63) is 64.7 Å². The summed E-state index contributed by atoms with van der Waals surface area (Å²) in [6.45, 7) is 0.0364. The van der Waals surface area contributed by atoms with E-state index in [4.69, 9.17) is 16.3 Å². The van der Waals surface area contributed by atoms with Gasteiger partial charge in [0.2, 0.25) is 5.88 Å². The number of carbonyl (C=O) groups excluding carboxylic acids is 2. The van der Waals surface area contributed by atoms with Gasteiger partial charge >= 0.3 is 6.18 Å². The Balaban J connectivity index is 1.77. The van der Waals surface area contributed by atoms with E-state index in [9.17, 15) is 22.8 Å². The number of alkyl halides is 3. The molecule has 4 rings (SSSR count). The highest BCUT2D eigenvalue weighted by molar-refractivity contribution is 6.32. The van der Waals surface area contributed by atoms with Crippen molar-refractivity contribution in [2.24, 2.45) is 0 Å². The molecule has 2 N–H and O–H groups in total. The predicted octanol–water partition coefficient (Wildman–Crippen LogP) is 3.43. The molecule has 4 aromatic rings. The zero-order valence-electron chi connectivity index (χ0n) is 18.2. The summed E-state index contributed by atoms with van der Waals surface area (Å²) in [5, 5.41) is 12.8. The Morgan fingerprint density at radius 2 is 1.94 bits per heavy atom. The number of aryl methyl sites for hydroxylation is 1. The highest BCUT2D eigenvalue weighted by atomic mass is 35.5. The number of nitrogens with one attached hydrogen (secondary N) is 2. The van der Waals surface area contributed by atoms with Gasteiger partial charge in [0.1, 0.15) is 12.2 Å². The third kappa shape index (κ3) is 4.89. The van der Waals surface area contributed by atoms with Gasteiger partial charge in [0, 0.05) is 12.3 Å². The third-order valence-corrected chi connectivity index (χ3v) is 5.15. The molecule has 0 atom stereocenters. The SMILES string of the molecule is COc1cc(C(=O)Nc2c(C)cc3ccnn3c2C(=O)NCC(F)(F)F)n(-c2ncccc2Cl)n1. The Kier molecular flexibility index (Phi) is 6.35. The number of nitrogens with zero attached hydrogens (tertiary/aromatic N) is 5. The fourth-order valence-corrected chi connectivity index (χ4v) is 3.52. The van der Waals surface area contributed by atoms with Crippen LogP contribution in [0.25, 0.3) is 11.3 Å². The minimum Gasteiger partial charge on any atom is -0.480 e. The maximum atomic E-state index is 13.3. The first-order valence-electron chi connectivity index (χ1n) is 9.97. The number of anilines is 1. The number of hydrogen-bond donors (Lipinski definition) is 2. The van der Waals surface area contributed by atoms with Crippen molar-refractivity contribution in [2.45, 2.75) is 13.1 Å². The van der Waals surface area contributed by atoms with Gasteiger partial charge in [0.05, 0.1) is 29.5 Å². The first kappa shape index (κ1) is 24.0. The maximum Gasteiger partial charge on any atom is 0.405 e. The Labute approximate surface area is 200 Å². The predicted molar refractivity (Wildman–Crippen MR) is 119 cm³/mol. The molecular weight excluding hydrogens is 491 g/mol. The molecule has 0 saturated heterocycles. The second-order valence-corrected chi connectivity index (χ2v) is 7.67. The second-order valence-electron chi connectivity index (χ2n) is 7.26. The standard InChI is InChI=1S/C21H17ClF3N7O3/c1-11-8-12-5-7-28-31(12)17(20(34)27-10-21(23,24)25)16(11)29-19(33)14-9-15(35-2)30-32(14)18-13(22)4-3-6-26-18/h3-9H,10H2,1-2H3,(H,27,34)(H,29,33). The second kappa shape index (κ2) is 9.25. The average Bonchev–Trinajstić information content (AvgIpc) is 3.44. The van der Waals surface area contributed by atoms with Crippen molar-refractivity contribution in [2.75, 3.05) is 19.0 Å². The molecule has 14 heteroatoms. The summed E-state index contributed by atoms with van der Waals surface area (Å²) in [5.41, 5.74) is 0.493. The summed E-state index contributed by atoms with van der Waals surface area (Å²) < 4.78 is 45.6. The minimum absolute atomic E-state index is 0.0373. The van der Waals surface area contributed by atoms with Crippen LogP contribution in [0.5, 0.6) is 5.88 Å². The van der Waals surface area contributed by atoms with Crippen LogP contribution in [-0.2, 0) is 0 Å². The molecule has 0 unspecified atom stereocenters. The van der Waals surface area contributed by atoms with Crippen LogP contribution in [0.4, 0.5) is 18.9 Å². The van der Waals surface area contributed by atoms with Crippen molar-refractivity contribution in [3.8, 4) is 11.7 Å². The molecule has 0 aliphatic carbocycles. The van der Waals surface area contributed by atoms with Crippen molar-refractivity contribution in [3.63, 3.8) is 0 Å². The lowest BCUT2D eigenvalue weighted by Crippen LogP contribution is -2.35. The van der Waals surface area contributed by atoms with Crippen LogP contribution in [-0.4, -0.2) is 56.0 Å². The average molecular weight is 508 g/mol. The minimum atomic E-state index is -4.63. The van der Waals surface area contributed by atoms with Gasteiger partial charge in [0.25, 0.3) is 11.8 Å². The van der Waals surface area contributed by atoms with Crippen molar-refractivity contribution in [1.82, 2.24) is 29.7 Å². The van der Waals surface area contributed by atoms with Gasteiger partial charge in [-0.25, -0.2) is 14.2 Å². The van der Waals surface area contributed by atoms with Crippen molar-refractivity contribution in [1.29, 1.82) is 0 Å². The van der Waals surface area contributed by atoms with E-state index >= 15 is 0 Å². The quantitative estimate of drug-likeness (QED) is 0.413. The molecule has 0 aliphatic rings. The Morgan fingerprint density at radius 1 is 1.17 bits per heavy atom. The summed E-state index contributed by atoms with van der Waals surface area (Å²) in [5.74, 6) is -1.60. The fourth-order valence-electron chi connectivity index (χ4n) is 3.32. The van der Waals surface area contributed by atoms with Gasteiger partial charge in [-0.3, -0.25) is 9.59 Å². The molecule has 35 heavy (non-hydrogen) atoms. The third-order valence-electron chi connectivity index (χ3n) is 4.85. The van der Waals surface area contributed by atoms with Gasteiger partial charge in [-0.1, -0.05) is 11.6 Å². The van der Waals surface area contributed by atoms with Gasteiger partial charge in [-0.2, -0.15) is 18.3 Å². The first-order chi connectivity index (χ1) is 16.6. The number of ether oxygens (including phenoxy) is 1. The molecule has 0 saturated carbocycles. The summed E-state index contributed by atoms with van der Waals surface area (Å²) in [6, 6.07) is 7.67. The van der Waals surface area contributed by atoms with E-state index in [1.165, 1.54) is 25.6 Å². The van der Waals surface area contributed by atoms with Crippen LogP contribution >= 0.6 is 11.6 Å². The molecule has 0 fully saturated rings. The summed E-state index contributed by atoms with van der Waals surface area (Å²) in [4.78, 5) is 30.3. The lowest BCUT2D eigenvalue weighted by molar-refractivity contribution is -0.123. The zero-order chi connectivity index (χ0) is 25.3. The molecule has 4 heterocycles. The normalized spacial score (nSPS) is 11.5. The van der Waals surface area contributed by atoms with Crippen molar-refractivity contribution < 1.29 is 27.5 Å². The molecule has 0 radical (unpaired) electrons. The zero-order valence-corrected chi connectivity index (χ0v) is 19.0. The van der Waals surface area contributed by atoms with Crippen LogP contribution < -0.4 is 15.4 Å². The van der Waals surface area contributed by atoms with Gasteiger partial charge in [-0.05, 0) is 36.8 Å². The lowest BCUT2D eigenvalue weighted by Gasteiger charge is -2.16. The number of aromatic nitrogens is 5. The molecule has 0 aliphatic heterocycles. The number of halogens is 4. The fraction of sp³-hybridized carbons (Fsp3) is 0.190. The van der Waals surface area contributed by atoms with Crippen LogP contribution in [0, 0.1) is 6.92 Å². The maximum absolute atomic E-state index is 13.3. The molecule has 10 nitrogen and oxygen atoms in total. The summed E-state index contributed by atoms with van der Waals surface area (Å²) >= 11 is 6.21. The number of methoxy groups -OCH3 is 1. The van der Waals surface area contributed by atoms with Crippen LogP contribution in [0.3, 0.4) is 0 Å². The largest absolute Gasteiger partial charge is 0.480 e. The van der Waals surface area contributed by atoms with E-state index < -0.39 is 24.5 Å². The number of hydrogen-bond acceptors (Lipinski definition) is 6. The van der Waals surface area contributed by atoms with Crippen molar-refractivity contribution >= 4 is 34.6 Å². The number of carbonyl (C=O) groups is 2. The van der Waals surface area contributed by atoms with E-state index in [-0.39, 0.29) is 33.8 Å². The Bertz CT molecular complexity index is 1430. The molecule has 0 bridgehead atoms. The summed E-state index contributed by atoms with van der Waals surface area (Å²) in [6.07, 6.45) is -1.79. The van der Waals surface area contributed by atoms with E-state index in [1.807, 2.05) is 5.32 Å². The highest BCUT2D eigenvalue weighted by Crippen LogP contribution is 2.27. The number of pyridine rings is 2. The smallest absolute Gasteiger partial charge is 0.405 e. The Hall–Kier alpha value is -4.13. The first-order valence-corrected chi connectivity index (χ1v) is 10.4. The van der Waals surface area contributed by atoms with Gasteiger partial charge in [-0.15, -0.1) is 5.10 Å². The highest BCUT2D eigenvalue weighted by Gasteiger charge is 2.30. The molecule has 0 spiro atoms. The lowest BCUT2D eigenvalue weighted by atomic mass is 10.1. The molecule has 0 aromatic carbocycles. The van der Waals surface area contributed by atoms with Gasteiger partial charge < -0.3 is 15.4 Å². The van der Waals surface area contributed by atoms with E-state index in [0.717, 1.165) is 9.20 Å². The topological polar surface area (TPSA) is 115 Å². The summed E-state index contributed by atoms with van der Waals surface area (Å²) in [7, 11) is 1.35. The van der Waals surface area contributed by atoms with E-state index in [0.29, 0.717) is 11.1 Å². The number of rotatable bonds is 6. The molecular formula is C21H17ClF3N7O3. The molecule has 182 valence electrons. The number of amides is 2. The number of fused-ring (bicyclic) bond motifs is 1. The van der Waals surface area contributed by atoms with Gasteiger partial charge in [0.15, 0.2) is 11.5 Å².